The van der Waals surface area contributed by atoms with Gasteiger partial charge in [-0.25, -0.2) is 17.5 Å². The van der Waals surface area contributed by atoms with E-state index in [1.54, 1.807) is 11.8 Å². The highest BCUT2D eigenvalue weighted by Crippen LogP contribution is 2.16. The summed E-state index contributed by atoms with van der Waals surface area (Å²) in [6, 6.07) is 3.82. The van der Waals surface area contributed by atoms with Gasteiger partial charge in [0.05, 0.1) is 10.9 Å². The zero-order valence-electron chi connectivity index (χ0n) is 12.7. The molecule has 0 aliphatic carbocycles. The van der Waals surface area contributed by atoms with Gasteiger partial charge in [0.1, 0.15) is 5.82 Å². The summed E-state index contributed by atoms with van der Waals surface area (Å²) in [5.41, 5.74) is 5.58. The Hall–Kier alpha value is -1.22. The van der Waals surface area contributed by atoms with Gasteiger partial charge >= 0.3 is 0 Å². The van der Waals surface area contributed by atoms with E-state index in [4.69, 9.17) is 5.73 Å². The minimum atomic E-state index is -3.81. The molecule has 2 atom stereocenters. The van der Waals surface area contributed by atoms with Crippen LogP contribution >= 0.6 is 12.4 Å². The van der Waals surface area contributed by atoms with Crippen molar-refractivity contribution in [3.8, 4) is 0 Å². The number of halogens is 2. The normalized spacial score (nSPS) is 19.8. The average Bonchev–Trinajstić information content (AvgIpc) is 2.46. The van der Waals surface area contributed by atoms with Crippen LogP contribution in [0.25, 0.3) is 0 Å². The molecule has 1 aliphatic rings. The van der Waals surface area contributed by atoms with Crippen LogP contribution in [0.3, 0.4) is 0 Å². The fraction of sp³-hybridized carbons (Fsp3) is 0.500. The number of sulfonamides is 1. The summed E-state index contributed by atoms with van der Waals surface area (Å²) in [4.78, 5) is 13.3. The number of nitrogens with zero attached hydrogens (tertiary/aromatic N) is 1. The number of nitrogens with one attached hydrogen (secondary N) is 1. The van der Waals surface area contributed by atoms with Crippen molar-refractivity contribution in [1.29, 1.82) is 0 Å². The molecule has 0 aromatic heterocycles. The summed E-state index contributed by atoms with van der Waals surface area (Å²) < 4.78 is 40.2. The van der Waals surface area contributed by atoms with Crippen LogP contribution in [0.4, 0.5) is 4.39 Å². The van der Waals surface area contributed by atoms with E-state index >= 15 is 0 Å². The Bertz CT molecular complexity index is 654. The van der Waals surface area contributed by atoms with Crippen molar-refractivity contribution in [3.63, 3.8) is 0 Å². The van der Waals surface area contributed by atoms with Crippen molar-refractivity contribution in [2.45, 2.75) is 36.7 Å². The number of rotatable bonds is 4. The van der Waals surface area contributed by atoms with Crippen LogP contribution in [0, 0.1) is 5.82 Å². The number of amides is 1. The first-order valence-electron chi connectivity index (χ1n) is 7.12. The van der Waals surface area contributed by atoms with Crippen LogP contribution in [0.2, 0.25) is 0 Å². The van der Waals surface area contributed by atoms with Gasteiger partial charge in [-0.2, -0.15) is 0 Å². The average molecular weight is 366 g/mol. The molecule has 130 valence electrons. The topological polar surface area (TPSA) is 92.5 Å². The molecule has 0 saturated carbocycles. The molecule has 6 nitrogen and oxygen atoms in total. The van der Waals surface area contributed by atoms with Gasteiger partial charge in [0.15, 0.2) is 0 Å². The van der Waals surface area contributed by atoms with Crippen molar-refractivity contribution >= 4 is 28.3 Å². The second-order valence-electron chi connectivity index (χ2n) is 5.49. The first-order valence-corrected chi connectivity index (χ1v) is 8.60. The lowest BCUT2D eigenvalue weighted by molar-refractivity contribution is -0.133. The van der Waals surface area contributed by atoms with Gasteiger partial charge in [-0.1, -0.05) is 6.07 Å². The van der Waals surface area contributed by atoms with Gasteiger partial charge < -0.3 is 10.6 Å². The molecule has 1 heterocycles. The standard InChI is InChI=1S/C14H20FN3O3S.ClH/c1-10(16)14(19)18-7-3-5-12(9-18)17-22(20,21)13-6-2-4-11(15)8-13;/h2,4,6,8,10,12,17H,3,5,7,9,16H2,1H3;1H/t10-,12?;/m0./s1. The lowest BCUT2D eigenvalue weighted by Crippen LogP contribution is -2.52. The zero-order chi connectivity index (χ0) is 16.3. The molecule has 0 spiro atoms. The molecule has 1 aromatic carbocycles. The van der Waals surface area contributed by atoms with E-state index in [0.29, 0.717) is 19.4 Å². The van der Waals surface area contributed by atoms with Crippen LogP contribution in [-0.4, -0.2) is 44.4 Å². The molecule has 23 heavy (non-hydrogen) atoms. The summed E-state index contributed by atoms with van der Waals surface area (Å²) in [6.45, 7) is 2.44. The maximum Gasteiger partial charge on any atom is 0.240 e. The lowest BCUT2D eigenvalue weighted by Gasteiger charge is -2.33. The van der Waals surface area contributed by atoms with Crippen molar-refractivity contribution in [1.82, 2.24) is 9.62 Å². The minimum absolute atomic E-state index is 0. The summed E-state index contributed by atoms with van der Waals surface area (Å²) >= 11 is 0. The Balaban J connectivity index is 0.00000264. The molecule has 0 bridgehead atoms. The molecule has 1 unspecified atom stereocenters. The number of nitrogens with two attached hydrogens (primary N) is 1. The van der Waals surface area contributed by atoms with E-state index in [0.717, 1.165) is 6.07 Å². The number of hydrogen-bond acceptors (Lipinski definition) is 4. The van der Waals surface area contributed by atoms with Crippen LogP contribution in [0.5, 0.6) is 0 Å². The molecule has 1 saturated heterocycles. The maximum atomic E-state index is 13.2. The number of hydrogen-bond donors (Lipinski definition) is 2. The second kappa shape index (κ2) is 8.05. The predicted molar refractivity (Wildman–Crippen MR) is 87.2 cm³/mol. The van der Waals surface area contributed by atoms with Gasteiger partial charge in [0, 0.05) is 19.1 Å². The molecule has 1 aromatic rings. The molecule has 1 amide bonds. The molecule has 1 aliphatic heterocycles. The highest BCUT2D eigenvalue weighted by Gasteiger charge is 2.28. The van der Waals surface area contributed by atoms with E-state index in [1.165, 1.54) is 18.2 Å². The van der Waals surface area contributed by atoms with Gasteiger partial charge in [-0.05, 0) is 38.0 Å². The summed E-state index contributed by atoms with van der Waals surface area (Å²) in [5, 5.41) is 0. The molecule has 0 radical (unpaired) electrons. The summed E-state index contributed by atoms with van der Waals surface area (Å²) in [5.74, 6) is -0.810. The Morgan fingerprint density at radius 1 is 1.48 bits per heavy atom. The monoisotopic (exact) mass is 365 g/mol. The third kappa shape index (κ3) is 5.13. The Labute approximate surface area is 141 Å². The first kappa shape index (κ1) is 19.8. The van der Waals surface area contributed by atoms with Crippen molar-refractivity contribution in [2.75, 3.05) is 13.1 Å². The Morgan fingerprint density at radius 3 is 2.78 bits per heavy atom. The second-order valence-corrected chi connectivity index (χ2v) is 7.20. The van der Waals surface area contributed by atoms with Gasteiger partial charge in [-0.15, -0.1) is 12.4 Å². The molecule has 2 rings (SSSR count). The van der Waals surface area contributed by atoms with E-state index in [2.05, 4.69) is 4.72 Å². The van der Waals surface area contributed by atoms with Crippen molar-refractivity contribution in [3.05, 3.63) is 30.1 Å². The fourth-order valence-electron chi connectivity index (χ4n) is 2.48. The van der Waals surface area contributed by atoms with Crippen molar-refractivity contribution < 1.29 is 17.6 Å². The number of likely N-dealkylation sites (tertiary alicyclic amines) is 1. The molecular weight excluding hydrogens is 345 g/mol. The summed E-state index contributed by atoms with van der Waals surface area (Å²) in [6.07, 6.45) is 1.31. The highest BCUT2D eigenvalue weighted by atomic mass is 35.5. The van der Waals surface area contributed by atoms with Gasteiger partial charge in [0.25, 0.3) is 0 Å². The van der Waals surface area contributed by atoms with Crippen LogP contribution in [0.15, 0.2) is 29.2 Å². The summed E-state index contributed by atoms with van der Waals surface area (Å²) in [7, 11) is -3.81. The zero-order valence-corrected chi connectivity index (χ0v) is 14.4. The quantitative estimate of drug-likeness (QED) is 0.827. The van der Waals surface area contributed by atoms with Gasteiger partial charge in [0.2, 0.25) is 15.9 Å². The fourth-order valence-corrected chi connectivity index (χ4v) is 3.78. The van der Waals surface area contributed by atoms with E-state index in [1.807, 2.05) is 0 Å². The maximum absolute atomic E-state index is 13.2. The SMILES string of the molecule is C[C@H](N)C(=O)N1CCCC(NS(=O)(=O)c2cccc(F)c2)C1.Cl. The molecular formula is C14H21ClFN3O3S. The van der Waals surface area contributed by atoms with Gasteiger partial charge in [-0.3, -0.25) is 4.79 Å². The van der Waals surface area contributed by atoms with E-state index in [-0.39, 0.29) is 29.8 Å². The first-order chi connectivity index (χ1) is 10.3. The van der Waals surface area contributed by atoms with E-state index < -0.39 is 27.9 Å². The third-order valence-corrected chi connectivity index (χ3v) is 5.07. The Morgan fingerprint density at radius 2 is 2.17 bits per heavy atom. The Kier molecular flexibility index (Phi) is 6.94. The van der Waals surface area contributed by atoms with E-state index in [9.17, 15) is 17.6 Å². The largest absolute Gasteiger partial charge is 0.340 e. The number of carbonyl (C=O) groups is 1. The minimum Gasteiger partial charge on any atom is -0.340 e. The van der Waals surface area contributed by atoms with Crippen LogP contribution < -0.4 is 10.5 Å². The number of carbonyl (C=O) groups excluding carboxylic acids is 1. The van der Waals surface area contributed by atoms with Crippen LogP contribution in [0.1, 0.15) is 19.8 Å². The lowest BCUT2D eigenvalue weighted by atomic mass is 10.1. The molecule has 3 N–H and O–H groups in total. The predicted octanol–water partition coefficient (Wildman–Crippen LogP) is 0.864. The smallest absolute Gasteiger partial charge is 0.240 e. The molecule has 1 fully saturated rings. The molecule has 9 heteroatoms. The highest BCUT2D eigenvalue weighted by molar-refractivity contribution is 7.89. The van der Waals surface area contributed by atoms with Crippen LogP contribution in [-0.2, 0) is 14.8 Å². The number of piperidine rings is 1. The third-order valence-electron chi connectivity index (χ3n) is 3.55. The van der Waals surface area contributed by atoms with Crippen molar-refractivity contribution in [2.24, 2.45) is 5.73 Å². The number of benzene rings is 1.